The van der Waals surface area contributed by atoms with Crippen LogP contribution in [0.4, 0.5) is 0 Å². The van der Waals surface area contributed by atoms with Gasteiger partial charge in [-0.1, -0.05) is 25.9 Å². The van der Waals surface area contributed by atoms with Crippen molar-refractivity contribution in [1.29, 1.82) is 0 Å². The van der Waals surface area contributed by atoms with E-state index in [0.717, 1.165) is 44.9 Å². The van der Waals surface area contributed by atoms with Crippen LogP contribution in [0.25, 0.3) is 10.4 Å². The van der Waals surface area contributed by atoms with E-state index in [0.29, 0.717) is 47.7 Å². The molecule has 6 nitrogen and oxygen atoms in total. The van der Waals surface area contributed by atoms with E-state index in [1.807, 2.05) is 0 Å². The summed E-state index contributed by atoms with van der Waals surface area (Å²) in [6, 6.07) is 0.135. The Labute approximate surface area is 186 Å². The molecule has 0 spiro atoms. The lowest BCUT2D eigenvalue weighted by Crippen LogP contribution is -2.57. The zero-order valence-corrected chi connectivity index (χ0v) is 19.7. The highest BCUT2D eigenvalue weighted by molar-refractivity contribution is 5.87. The lowest BCUT2D eigenvalue weighted by atomic mass is 9.44. The smallest absolute Gasteiger partial charge is 0.305 e. The molecule has 4 aliphatic carbocycles. The normalized spacial score (nSPS) is 45.0. The Balaban J connectivity index is 1.53. The summed E-state index contributed by atoms with van der Waals surface area (Å²) in [5.74, 6) is 3.24. The second kappa shape index (κ2) is 8.42. The number of hydrogen-bond acceptors (Lipinski definition) is 4. The van der Waals surface area contributed by atoms with Crippen molar-refractivity contribution >= 4 is 11.8 Å². The lowest BCUT2D eigenvalue weighted by molar-refractivity contribution is -0.158. The number of methoxy groups -OCH3 is 1. The Morgan fingerprint density at radius 1 is 1.23 bits per heavy atom. The van der Waals surface area contributed by atoms with E-state index < -0.39 is 0 Å². The second-order valence-electron chi connectivity index (χ2n) is 11.5. The van der Waals surface area contributed by atoms with Gasteiger partial charge in [0.15, 0.2) is 0 Å². The largest absolute Gasteiger partial charge is 0.469 e. The summed E-state index contributed by atoms with van der Waals surface area (Å²) < 4.78 is 4.84. The van der Waals surface area contributed by atoms with Crippen molar-refractivity contribution in [2.24, 2.45) is 51.5 Å². The summed E-state index contributed by atoms with van der Waals surface area (Å²) in [7, 11) is 1.45. The molecule has 6 heteroatoms. The Morgan fingerprint density at radius 2 is 2.00 bits per heavy atom. The molecule has 9 atom stereocenters. The quantitative estimate of drug-likeness (QED) is 0.229. The van der Waals surface area contributed by atoms with Crippen LogP contribution in [0, 0.1) is 46.3 Å². The second-order valence-corrected chi connectivity index (χ2v) is 11.5. The molecule has 0 aromatic carbocycles. The van der Waals surface area contributed by atoms with E-state index in [9.17, 15) is 9.59 Å². The fraction of sp³-hybridized carbons (Fsp3) is 0.920. The number of carbonyl (C=O) groups excluding carboxylic acids is 2. The van der Waals surface area contributed by atoms with Crippen LogP contribution < -0.4 is 0 Å². The van der Waals surface area contributed by atoms with Gasteiger partial charge in [0.05, 0.1) is 7.11 Å². The van der Waals surface area contributed by atoms with Crippen molar-refractivity contribution in [2.75, 3.05) is 7.11 Å². The Morgan fingerprint density at radius 3 is 2.71 bits per heavy atom. The SMILES string of the molecule is COC(=O)CC[C@@H](C)[C@H]1CC[C@H]2[C@@H]3CC[C@@H]4C[C@@H](N=[N+]=[N-])CC[C@]4(C)[C@H]3CC(=O)[C@]12C. The Hall–Kier alpha value is -1.55. The minimum absolute atomic E-state index is 0.135. The maximum atomic E-state index is 13.8. The number of rotatable bonds is 5. The highest BCUT2D eigenvalue weighted by Gasteiger charge is 2.63. The molecule has 0 heterocycles. The predicted molar refractivity (Wildman–Crippen MR) is 119 cm³/mol. The van der Waals surface area contributed by atoms with Gasteiger partial charge >= 0.3 is 5.97 Å². The van der Waals surface area contributed by atoms with Gasteiger partial charge in [0.2, 0.25) is 0 Å². The zero-order valence-electron chi connectivity index (χ0n) is 19.7. The van der Waals surface area contributed by atoms with Crippen LogP contribution in [0.3, 0.4) is 0 Å². The average Bonchev–Trinajstić information content (AvgIpc) is 3.12. The number of ether oxygens (including phenoxy) is 1. The third-order valence-corrected chi connectivity index (χ3v) is 10.5. The summed E-state index contributed by atoms with van der Waals surface area (Å²) in [4.78, 5) is 28.5. The van der Waals surface area contributed by atoms with Crippen molar-refractivity contribution in [1.82, 2.24) is 0 Å². The lowest BCUT2D eigenvalue weighted by Gasteiger charge is -2.60. The molecule has 0 radical (unpaired) electrons. The van der Waals surface area contributed by atoms with Gasteiger partial charge in [-0.3, -0.25) is 9.59 Å². The minimum Gasteiger partial charge on any atom is -0.469 e. The molecule has 4 rings (SSSR count). The molecule has 0 saturated heterocycles. The maximum absolute atomic E-state index is 13.8. The van der Waals surface area contributed by atoms with Gasteiger partial charge in [0.1, 0.15) is 5.78 Å². The molecule has 172 valence electrons. The molecule has 0 aromatic rings. The van der Waals surface area contributed by atoms with E-state index >= 15 is 0 Å². The number of Topliss-reactive ketones (excluding diaryl/α,β-unsaturated/α-hetero) is 1. The Kier molecular flexibility index (Phi) is 6.15. The van der Waals surface area contributed by atoms with Crippen LogP contribution in [-0.4, -0.2) is 24.9 Å². The van der Waals surface area contributed by atoms with Gasteiger partial charge in [-0.05, 0) is 97.8 Å². The number of carbonyl (C=O) groups is 2. The first kappa shape index (κ1) is 22.6. The average molecular weight is 430 g/mol. The number of fused-ring (bicyclic) bond motifs is 5. The Bertz CT molecular complexity index is 778. The molecule has 0 amide bonds. The highest BCUT2D eigenvalue weighted by Crippen LogP contribution is 2.67. The summed E-state index contributed by atoms with van der Waals surface area (Å²) in [5.41, 5.74) is 8.84. The fourth-order valence-corrected chi connectivity index (χ4v) is 8.71. The van der Waals surface area contributed by atoms with Gasteiger partial charge in [-0.15, -0.1) is 0 Å². The molecular weight excluding hydrogens is 390 g/mol. The summed E-state index contributed by atoms with van der Waals surface area (Å²) in [6.45, 7) is 6.92. The summed E-state index contributed by atoms with van der Waals surface area (Å²) in [6.07, 6.45) is 9.69. The molecule has 4 saturated carbocycles. The molecule has 31 heavy (non-hydrogen) atoms. The van der Waals surface area contributed by atoms with Crippen molar-refractivity contribution in [3.63, 3.8) is 0 Å². The highest BCUT2D eigenvalue weighted by atomic mass is 16.5. The first-order valence-electron chi connectivity index (χ1n) is 12.4. The van der Waals surface area contributed by atoms with E-state index in [1.54, 1.807) is 0 Å². The number of esters is 1. The topological polar surface area (TPSA) is 92.1 Å². The molecule has 4 aliphatic rings. The van der Waals surface area contributed by atoms with Crippen LogP contribution >= 0.6 is 0 Å². The maximum Gasteiger partial charge on any atom is 0.305 e. The van der Waals surface area contributed by atoms with Crippen LogP contribution in [0.15, 0.2) is 5.11 Å². The zero-order chi connectivity index (χ0) is 22.4. The van der Waals surface area contributed by atoms with Crippen molar-refractivity contribution in [3.05, 3.63) is 10.4 Å². The van der Waals surface area contributed by atoms with E-state index in [4.69, 9.17) is 10.3 Å². The number of nitrogens with zero attached hydrogens (tertiary/aromatic N) is 3. The summed E-state index contributed by atoms with van der Waals surface area (Å²) in [5, 5.41) is 4.03. The molecule has 0 unspecified atom stereocenters. The molecule has 0 bridgehead atoms. The van der Waals surface area contributed by atoms with Gasteiger partial charge in [0.25, 0.3) is 0 Å². The van der Waals surface area contributed by atoms with Crippen LogP contribution in [0.1, 0.15) is 85.0 Å². The predicted octanol–water partition coefficient (Wildman–Crippen LogP) is 6.09. The minimum atomic E-state index is -0.234. The standard InChI is InChI=1S/C25H39N3O3/c1-15(5-10-23(30)31-4)19-8-9-20-18-7-6-16-13-17(27-28-26)11-12-24(16,2)21(18)14-22(29)25(19,20)3/h15-21H,5-14H2,1-4H3/t15-,16-,17+,18+,19-,20+,21+,24+,25-/m1/s1. The fourth-order valence-electron chi connectivity index (χ4n) is 8.71. The molecular formula is C25H39N3O3. The van der Waals surface area contributed by atoms with Crippen molar-refractivity contribution < 1.29 is 14.3 Å². The van der Waals surface area contributed by atoms with Crippen molar-refractivity contribution in [2.45, 2.75) is 91.0 Å². The van der Waals surface area contributed by atoms with Crippen molar-refractivity contribution in [3.8, 4) is 0 Å². The molecule has 0 N–H and O–H groups in total. The third-order valence-electron chi connectivity index (χ3n) is 10.5. The van der Waals surface area contributed by atoms with E-state index in [1.165, 1.54) is 20.0 Å². The van der Waals surface area contributed by atoms with Gasteiger partial charge in [0, 0.05) is 29.2 Å². The number of ketones is 1. The molecule has 0 aromatic heterocycles. The monoisotopic (exact) mass is 429 g/mol. The number of azide groups is 1. The summed E-state index contributed by atoms with van der Waals surface area (Å²) >= 11 is 0. The van der Waals surface area contributed by atoms with E-state index in [2.05, 4.69) is 30.8 Å². The molecule has 4 fully saturated rings. The van der Waals surface area contributed by atoms with Crippen LogP contribution in [-0.2, 0) is 14.3 Å². The number of hydrogen-bond donors (Lipinski definition) is 0. The third kappa shape index (κ3) is 3.59. The first-order chi connectivity index (χ1) is 14.8. The van der Waals surface area contributed by atoms with Gasteiger partial charge in [-0.2, -0.15) is 0 Å². The van der Waals surface area contributed by atoms with Crippen LogP contribution in [0.5, 0.6) is 0 Å². The first-order valence-corrected chi connectivity index (χ1v) is 12.4. The van der Waals surface area contributed by atoms with Crippen LogP contribution in [0.2, 0.25) is 0 Å². The van der Waals surface area contributed by atoms with Gasteiger partial charge in [-0.25, -0.2) is 0 Å². The van der Waals surface area contributed by atoms with E-state index in [-0.39, 0.29) is 22.8 Å². The molecule has 0 aliphatic heterocycles. The van der Waals surface area contributed by atoms with Gasteiger partial charge < -0.3 is 4.74 Å².